The first kappa shape index (κ1) is 17.5. The molecule has 116 valence electrons. The lowest BCUT2D eigenvalue weighted by molar-refractivity contribution is -0.143. The number of benzene rings is 1. The van der Waals surface area contributed by atoms with Crippen molar-refractivity contribution in [2.24, 2.45) is 5.92 Å². The molecule has 0 amide bonds. The van der Waals surface area contributed by atoms with Crippen LogP contribution in [0, 0.1) is 5.92 Å². The maximum atomic E-state index is 11.7. The topological polar surface area (TPSA) is 26.3 Å². The molecule has 0 atom stereocenters. The van der Waals surface area contributed by atoms with Crippen molar-refractivity contribution in [1.82, 2.24) is 0 Å². The van der Waals surface area contributed by atoms with Gasteiger partial charge in [-0.05, 0) is 29.9 Å². The van der Waals surface area contributed by atoms with Gasteiger partial charge in [0.15, 0.2) is 0 Å². The second-order valence-corrected chi connectivity index (χ2v) is 5.93. The van der Waals surface area contributed by atoms with E-state index in [0.717, 1.165) is 12.8 Å². The van der Waals surface area contributed by atoms with Gasteiger partial charge in [-0.2, -0.15) is 0 Å². The highest BCUT2D eigenvalue weighted by Crippen LogP contribution is 2.15. The van der Waals surface area contributed by atoms with Crippen LogP contribution >= 0.6 is 0 Å². The van der Waals surface area contributed by atoms with Gasteiger partial charge in [-0.1, -0.05) is 70.0 Å². The predicted octanol–water partition coefficient (Wildman–Crippen LogP) is 5.24. The van der Waals surface area contributed by atoms with Crippen molar-refractivity contribution in [2.45, 2.75) is 52.9 Å². The Morgan fingerprint density at radius 1 is 1.19 bits per heavy atom. The Kier molecular flexibility index (Phi) is 8.49. The lowest BCUT2D eigenvalue weighted by Crippen LogP contribution is -2.10. The lowest BCUT2D eigenvalue weighted by atomic mass is 10.0. The van der Waals surface area contributed by atoms with Crippen molar-refractivity contribution in [3.63, 3.8) is 0 Å². The second-order valence-electron chi connectivity index (χ2n) is 5.93. The first-order chi connectivity index (χ1) is 10.1. The van der Waals surface area contributed by atoms with E-state index >= 15 is 0 Å². The van der Waals surface area contributed by atoms with Crippen LogP contribution in [0.3, 0.4) is 0 Å². The Morgan fingerprint density at radius 2 is 1.90 bits per heavy atom. The molecule has 2 heteroatoms. The summed E-state index contributed by atoms with van der Waals surface area (Å²) in [6.07, 6.45) is 7.21. The number of esters is 1. The largest absolute Gasteiger partial charge is 0.461 e. The van der Waals surface area contributed by atoms with Crippen molar-refractivity contribution >= 4 is 12.0 Å². The molecule has 0 saturated carbocycles. The summed E-state index contributed by atoms with van der Waals surface area (Å²) in [7, 11) is 0. The Morgan fingerprint density at radius 3 is 2.52 bits per heavy atom. The van der Waals surface area contributed by atoms with E-state index < -0.39 is 0 Å². The number of unbranched alkanes of at least 4 members (excludes halogenated alkanes) is 2. The molecule has 0 radical (unpaired) electrons. The molecular weight excluding hydrogens is 260 g/mol. The molecule has 0 N–H and O–H groups in total. The molecule has 0 spiro atoms. The van der Waals surface area contributed by atoms with E-state index in [-0.39, 0.29) is 5.97 Å². The van der Waals surface area contributed by atoms with Crippen LogP contribution in [-0.4, -0.2) is 12.6 Å². The van der Waals surface area contributed by atoms with Gasteiger partial charge < -0.3 is 4.74 Å². The van der Waals surface area contributed by atoms with E-state index in [1.165, 1.54) is 24.0 Å². The zero-order chi connectivity index (χ0) is 15.5. The van der Waals surface area contributed by atoms with Gasteiger partial charge in [-0.3, -0.25) is 4.79 Å². The van der Waals surface area contributed by atoms with Gasteiger partial charge in [0.25, 0.3) is 0 Å². The smallest absolute Gasteiger partial charge is 0.306 e. The monoisotopic (exact) mass is 288 g/mol. The minimum atomic E-state index is -0.0977. The predicted molar refractivity (Wildman–Crippen MR) is 89.0 cm³/mol. The second kappa shape index (κ2) is 10.2. The summed E-state index contributed by atoms with van der Waals surface area (Å²) < 4.78 is 5.41. The van der Waals surface area contributed by atoms with Crippen molar-refractivity contribution < 1.29 is 9.53 Å². The Hall–Kier alpha value is -1.57. The first-order valence-corrected chi connectivity index (χ1v) is 8.02. The van der Waals surface area contributed by atoms with Gasteiger partial charge in [0.1, 0.15) is 6.61 Å². The molecule has 1 rings (SSSR count). The molecule has 1 aromatic rings. The van der Waals surface area contributed by atoms with E-state index in [1.807, 2.05) is 32.0 Å². The average molecular weight is 288 g/mol. The van der Waals surface area contributed by atoms with Crippen LogP contribution in [-0.2, 0) is 9.53 Å². The zero-order valence-corrected chi connectivity index (χ0v) is 13.6. The van der Waals surface area contributed by atoms with Crippen LogP contribution in [0.25, 0.3) is 6.08 Å². The molecule has 0 aliphatic carbocycles. The normalized spacial score (nSPS) is 11.7. The van der Waals surface area contributed by atoms with E-state index in [9.17, 15) is 4.79 Å². The lowest BCUT2D eigenvalue weighted by Gasteiger charge is -2.10. The highest BCUT2D eigenvalue weighted by atomic mass is 16.5. The number of hydrogen-bond donors (Lipinski definition) is 0. The van der Waals surface area contributed by atoms with Crippen LogP contribution in [0.2, 0.25) is 0 Å². The summed E-state index contributed by atoms with van der Waals surface area (Å²) in [4.78, 5) is 11.7. The van der Waals surface area contributed by atoms with Gasteiger partial charge in [-0.15, -0.1) is 0 Å². The molecular formula is C19H28O2. The molecule has 0 aliphatic heterocycles. The molecule has 0 aromatic heterocycles. The maximum Gasteiger partial charge on any atom is 0.306 e. The molecule has 0 aliphatic rings. The van der Waals surface area contributed by atoms with Crippen LogP contribution in [0.5, 0.6) is 0 Å². The summed E-state index contributed by atoms with van der Waals surface area (Å²) in [6, 6.07) is 10.2. The standard InChI is InChI=1S/C19H28O2/c1-4-5-7-12-18(14-17-10-8-6-9-11-17)15-21-19(20)13-16(2)3/h6,8-11,14,16H,4-5,7,12-13,15H2,1-3H3/b18-14+. The molecule has 0 bridgehead atoms. The van der Waals surface area contributed by atoms with Gasteiger partial charge in [0, 0.05) is 6.42 Å². The Balaban J connectivity index is 2.60. The number of carbonyl (C=O) groups excluding carboxylic acids is 1. The zero-order valence-electron chi connectivity index (χ0n) is 13.6. The average Bonchev–Trinajstić information content (AvgIpc) is 2.45. The summed E-state index contributed by atoms with van der Waals surface area (Å²) in [6.45, 7) is 6.68. The SMILES string of the molecule is CCCCC/C(=C\c1ccccc1)COC(=O)CC(C)C. The fourth-order valence-electron chi connectivity index (χ4n) is 2.14. The highest BCUT2D eigenvalue weighted by Gasteiger charge is 2.07. The summed E-state index contributed by atoms with van der Waals surface area (Å²) in [5, 5.41) is 0. The third kappa shape index (κ3) is 8.34. The molecule has 21 heavy (non-hydrogen) atoms. The third-order valence-corrected chi connectivity index (χ3v) is 3.27. The maximum absolute atomic E-state index is 11.7. The number of ether oxygens (including phenoxy) is 1. The number of carbonyl (C=O) groups is 1. The van der Waals surface area contributed by atoms with E-state index in [0.29, 0.717) is 18.9 Å². The molecule has 0 unspecified atom stereocenters. The molecule has 0 fully saturated rings. The van der Waals surface area contributed by atoms with Gasteiger partial charge >= 0.3 is 5.97 Å². The fourth-order valence-corrected chi connectivity index (χ4v) is 2.14. The van der Waals surface area contributed by atoms with Crippen molar-refractivity contribution in [3.05, 3.63) is 41.5 Å². The Bertz CT molecular complexity index is 432. The summed E-state index contributed by atoms with van der Waals surface area (Å²) in [5.74, 6) is 0.249. The van der Waals surface area contributed by atoms with E-state index in [4.69, 9.17) is 4.74 Å². The summed E-state index contributed by atoms with van der Waals surface area (Å²) in [5.41, 5.74) is 2.37. The van der Waals surface area contributed by atoms with Gasteiger partial charge in [0.05, 0.1) is 0 Å². The van der Waals surface area contributed by atoms with Crippen molar-refractivity contribution in [1.29, 1.82) is 0 Å². The van der Waals surface area contributed by atoms with Crippen LogP contribution in [0.1, 0.15) is 58.4 Å². The molecule has 0 saturated heterocycles. The quantitative estimate of drug-likeness (QED) is 0.459. The van der Waals surface area contributed by atoms with E-state index in [2.05, 4.69) is 25.1 Å². The highest BCUT2D eigenvalue weighted by molar-refractivity contribution is 5.70. The van der Waals surface area contributed by atoms with Gasteiger partial charge in [0.2, 0.25) is 0 Å². The molecule has 2 nitrogen and oxygen atoms in total. The number of rotatable bonds is 9. The van der Waals surface area contributed by atoms with Crippen molar-refractivity contribution in [2.75, 3.05) is 6.61 Å². The molecule has 0 heterocycles. The van der Waals surface area contributed by atoms with Crippen LogP contribution in [0.15, 0.2) is 35.9 Å². The van der Waals surface area contributed by atoms with Crippen molar-refractivity contribution in [3.8, 4) is 0 Å². The van der Waals surface area contributed by atoms with Crippen LogP contribution in [0.4, 0.5) is 0 Å². The third-order valence-electron chi connectivity index (χ3n) is 3.27. The Labute approximate surface area is 129 Å². The minimum Gasteiger partial charge on any atom is -0.461 e. The fraction of sp³-hybridized carbons (Fsp3) is 0.526. The van der Waals surface area contributed by atoms with Crippen LogP contribution < -0.4 is 0 Å². The number of hydrogen-bond acceptors (Lipinski definition) is 2. The van der Waals surface area contributed by atoms with E-state index in [1.54, 1.807) is 0 Å². The molecule has 1 aromatic carbocycles. The van der Waals surface area contributed by atoms with Gasteiger partial charge in [-0.25, -0.2) is 0 Å². The first-order valence-electron chi connectivity index (χ1n) is 8.02. The summed E-state index contributed by atoms with van der Waals surface area (Å²) >= 11 is 0. The minimum absolute atomic E-state index is 0.0977.